The summed E-state index contributed by atoms with van der Waals surface area (Å²) in [6.07, 6.45) is 1.23. The van der Waals surface area contributed by atoms with Crippen LogP contribution in [0.4, 0.5) is 5.69 Å². The van der Waals surface area contributed by atoms with Crippen LogP contribution in [0.1, 0.15) is 12.5 Å². The van der Waals surface area contributed by atoms with Gasteiger partial charge in [0.25, 0.3) is 5.69 Å². The van der Waals surface area contributed by atoms with E-state index in [4.69, 9.17) is 0 Å². The summed E-state index contributed by atoms with van der Waals surface area (Å²) in [6.45, 7) is 1.65. The second kappa shape index (κ2) is 4.30. The predicted molar refractivity (Wildman–Crippen MR) is 70.5 cm³/mol. The zero-order valence-corrected chi connectivity index (χ0v) is 11.3. The Kier molecular flexibility index (Phi) is 3.05. The van der Waals surface area contributed by atoms with E-state index >= 15 is 0 Å². The summed E-state index contributed by atoms with van der Waals surface area (Å²) in [5, 5.41) is 10.8. The summed E-state index contributed by atoms with van der Waals surface area (Å²) in [5.41, 5.74) is -0.572. The third kappa shape index (κ3) is 2.43. The first-order chi connectivity index (χ1) is 8.74. The first kappa shape index (κ1) is 13.5. The summed E-state index contributed by atoms with van der Waals surface area (Å²) >= 11 is 0. The minimum absolute atomic E-state index is 0.0785. The molecule has 1 aromatic carbocycles. The van der Waals surface area contributed by atoms with E-state index in [2.05, 4.69) is 4.99 Å². The molecule has 19 heavy (non-hydrogen) atoms. The fourth-order valence-electron chi connectivity index (χ4n) is 1.89. The lowest BCUT2D eigenvalue weighted by atomic mass is 9.94. The van der Waals surface area contributed by atoms with E-state index in [1.165, 1.54) is 31.6 Å². The van der Waals surface area contributed by atoms with Crippen molar-refractivity contribution in [1.82, 2.24) is 4.31 Å². The molecule has 0 saturated carbocycles. The number of nitro groups is 1. The van der Waals surface area contributed by atoms with Crippen molar-refractivity contribution in [3.63, 3.8) is 0 Å². The Hall–Kier alpha value is -1.96. The highest BCUT2D eigenvalue weighted by Crippen LogP contribution is 2.32. The summed E-state index contributed by atoms with van der Waals surface area (Å²) in [5.74, 6) is -0.214. The third-order valence-corrected chi connectivity index (χ3v) is 4.99. The predicted octanol–water partition coefficient (Wildman–Crippen LogP) is 1.11. The van der Waals surface area contributed by atoms with E-state index in [1.807, 2.05) is 0 Å². The number of benzene rings is 1. The zero-order valence-electron chi connectivity index (χ0n) is 10.5. The molecule has 1 aromatic rings. The van der Waals surface area contributed by atoms with E-state index in [0.29, 0.717) is 5.56 Å². The Morgan fingerprint density at radius 3 is 2.74 bits per heavy atom. The van der Waals surface area contributed by atoms with Crippen molar-refractivity contribution in [3.8, 4) is 0 Å². The molecular formula is C11H13N3O4S. The van der Waals surface area contributed by atoms with Crippen LogP contribution in [0.2, 0.25) is 0 Å². The molecular weight excluding hydrogens is 270 g/mol. The number of rotatable bonds is 2. The van der Waals surface area contributed by atoms with Crippen LogP contribution in [0.5, 0.6) is 0 Å². The summed E-state index contributed by atoms with van der Waals surface area (Å²) < 4.78 is 24.8. The number of sulfonamides is 1. The smallest absolute Gasteiger partial charge is 0.263 e. The van der Waals surface area contributed by atoms with Crippen LogP contribution in [0.3, 0.4) is 0 Å². The van der Waals surface area contributed by atoms with Crippen LogP contribution >= 0.6 is 0 Å². The van der Waals surface area contributed by atoms with Crippen LogP contribution in [0.25, 0.3) is 0 Å². The van der Waals surface area contributed by atoms with Crippen molar-refractivity contribution in [3.05, 3.63) is 39.9 Å². The maximum absolute atomic E-state index is 11.9. The Bertz CT molecular complexity index is 656. The average Bonchev–Trinajstić information content (AvgIpc) is 2.34. The minimum Gasteiger partial charge on any atom is -0.263 e. The second-order valence-corrected chi connectivity index (χ2v) is 6.63. The SMILES string of the molecule is CN1C=NC(C)(c2cccc([N+](=O)[O-])c2)CS1(=O)=O. The maximum atomic E-state index is 11.9. The standard InChI is InChI=1S/C11H13N3O4S/c1-11(7-19(17,18)13(2)8-12-11)9-4-3-5-10(6-9)14(15)16/h3-6,8H,7H2,1-2H3. The van der Waals surface area contributed by atoms with Crippen LogP contribution in [-0.4, -0.2) is 36.8 Å². The normalized spacial score (nSPS) is 25.3. The van der Waals surface area contributed by atoms with Gasteiger partial charge in [0, 0.05) is 19.2 Å². The van der Waals surface area contributed by atoms with E-state index in [9.17, 15) is 18.5 Å². The van der Waals surface area contributed by atoms with Gasteiger partial charge in [-0.15, -0.1) is 0 Å². The van der Waals surface area contributed by atoms with E-state index < -0.39 is 20.5 Å². The van der Waals surface area contributed by atoms with Crippen molar-refractivity contribution < 1.29 is 13.3 Å². The Labute approximate surface area is 110 Å². The molecule has 1 unspecified atom stereocenters. The van der Waals surface area contributed by atoms with Crippen LogP contribution < -0.4 is 0 Å². The minimum atomic E-state index is -3.44. The van der Waals surface area contributed by atoms with Crippen LogP contribution in [-0.2, 0) is 15.6 Å². The lowest BCUT2D eigenvalue weighted by Gasteiger charge is -2.32. The number of non-ortho nitro benzene ring substituents is 1. The molecule has 7 nitrogen and oxygen atoms in total. The third-order valence-electron chi connectivity index (χ3n) is 3.09. The van der Waals surface area contributed by atoms with Gasteiger partial charge in [0.1, 0.15) is 5.54 Å². The van der Waals surface area contributed by atoms with Gasteiger partial charge in [0.05, 0.1) is 17.0 Å². The molecule has 0 saturated heterocycles. The second-order valence-electron chi connectivity index (χ2n) is 4.60. The van der Waals surface area contributed by atoms with Gasteiger partial charge in [0.15, 0.2) is 0 Å². The van der Waals surface area contributed by atoms with Crippen LogP contribution in [0, 0.1) is 10.1 Å². The quantitative estimate of drug-likeness (QED) is 0.600. The number of aliphatic imine (C=N–C) groups is 1. The highest BCUT2D eigenvalue weighted by molar-refractivity contribution is 7.89. The highest BCUT2D eigenvalue weighted by Gasteiger charge is 2.37. The fraction of sp³-hybridized carbons (Fsp3) is 0.364. The molecule has 0 amide bonds. The molecule has 1 aliphatic heterocycles. The van der Waals surface area contributed by atoms with Gasteiger partial charge in [-0.3, -0.25) is 19.4 Å². The van der Waals surface area contributed by atoms with Crippen molar-refractivity contribution in [1.29, 1.82) is 0 Å². The molecule has 102 valence electrons. The van der Waals surface area contributed by atoms with Gasteiger partial charge < -0.3 is 0 Å². The topological polar surface area (TPSA) is 92.9 Å². The number of nitro benzene ring substituents is 1. The summed E-state index contributed by atoms with van der Waals surface area (Å²) in [7, 11) is -2.03. The molecule has 2 rings (SSSR count). The van der Waals surface area contributed by atoms with Gasteiger partial charge >= 0.3 is 0 Å². The van der Waals surface area contributed by atoms with Crippen molar-refractivity contribution in [2.45, 2.75) is 12.5 Å². The molecule has 0 fully saturated rings. The molecule has 1 atom stereocenters. The largest absolute Gasteiger partial charge is 0.269 e. The monoisotopic (exact) mass is 283 g/mol. The number of nitrogens with zero attached hydrogens (tertiary/aromatic N) is 3. The number of hydrogen-bond acceptors (Lipinski definition) is 5. The maximum Gasteiger partial charge on any atom is 0.269 e. The van der Waals surface area contributed by atoms with E-state index in [-0.39, 0.29) is 11.4 Å². The average molecular weight is 283 g/mol. The molecule has 8 heteroatoms. The zero-order chi connectivity index (χ0) is 14.3. The first-order valence-electron chi connectivity index (χ1n) is 5.51. The van der Waals surface area contributed by atoms with Crippen LogP contribution in [0.15, 0.2) is 29.3 Å². The Morgan fingerprint density at radius 1 is 1.47 bits per heavy atom. The van der Waals surface area contributed by atoms with E-state index in [0.717, 1.165) is 4.31 Å². The Balaban J connectivity index is 2.49. The lowest BCUT2D eigenvalue weighted by Crippen LogP contribution is -2.42. The van der Waals surface area contributed by atoms with Gasteiger partial charge in [-0.25, -0.2) is 8.42 Å². The van der Waals surface area contributed by atoms with Crippen molar-refractivity contribution in [2.24, 2.45) is 4.99 Å². The lowest BCUT2D eigenvalue weighted by molar-refractivity contribution is -0.385. The summed E-state index contributed by atoms with van der Waals surface area (Å²) in [4.78, 5) is 14.5. The fourth-order valence-corrected chi connectivity index (χ4v) is 3.23. The van der Waals surface area contributed by atoms with Crippen molar-refractivity contribution >= 4 is 22.0 Å². The Morgan fingerprint density at radius 2 is 2.16 bits per heavy atom. The highest BCUT2D eigenvalue weighted by atomic mass is 32.2. The molecule has 0 aromatic heterocycles. The molecule has 0 N–H and O–H groups in total. The summed E-state index contributed by atoms with van der Waals surface area (Å²) in [6, 6.07) is 5.89. The molecule has 0 spiro atoms. The first-order valence-corrected chi connectivity index (χ1v) is 7.11. The van der Waals surface area contributed by atoms with Crippen molar-refractivity contribution in [2.75, 3.05) is 12.8 Å². The molecule has 0 bridgehead atoms. The molecule has 1 heterocycles. The van der Waals surface area contributed by atoms with Gasteiger partial charge in [0.2, 0.25) is 10.0 Å². The molecule has 0 aliphatic carbocycles. The van der Waals surface area contributed by atoms with Gasteiger partial charge in [-0.05, 0) is 12.5 Å². The van der Waals surface area contributed by atoms with Gasteiger partial charge in [-0.2, -0.15) is 0 Å². The molecule has 1 aliphatic rings. The number of hydrogen-bond donors (Lipinski definition) is 0. The van der Waals surface area contributed by atoms with E-state index in [1.54, 1.807) is 13.0 Å². The van der Waals surface area contributed by atoms with Gasteiger partial charge in [-0.1, -0.05) is 12.1 Å². The molecule has 0 radical (unpaired) electrons.